The van der Waals surface area contributed by atoms with Gasteiger partial charge >= 0.3 is 0 Å². The molecule has 0 saturated carbocycles. The molecule has 1 heterocycles. The Bertz CT molecular complexity index is 978. The number of Topliss-reactive ketones (excluding diaryl/α,β-unsaturated/α-hetero) is 1. The summed E-state index contributed by atoms with van der Waals surface area (Å²) in [5.74, 6) is -0.726. The molecule has 0 saturated heterocycles. The van der Waals surface area contributed by atoms with E-state index in [9.17, 15) is 9.59 Å². The molecule has 1 amide bonds. The molecular weight excluding hydrogens is 448 g/mol. The zero-order valence-corrected chi connectivity index (χ0v) is 17.1. The molecular formula is C18H13Cl4N3O3. The van der Waals surface area contributed by atoms with Crippen molar-refractivity contribution in [1.82, 2.24) is 15.0 Å². The van der Waals surface area contributed by atoms with E-state index in [0.717, 1.165) is 0 Å². The summed E-state index contributed by atoms with van der Waals surface area (Å²) in [5, 5.41) is 9.82. The Balaban J connectivity index is 0.000000209. The van der Waals surface area contributed by atoms with Gasteiger partial charge in [-0.15, -0.1) is 0 Å². The van der Waals surface area contributed by atoms with Crippen molar-refractivity contribution in [3.63, 3.8) is 0 Å². The number of amides is 1. The summed E-state index contributed by atoms with van der Waals surface area (Å²) >= 11 is 22.9. The van der Waals surface area contributed by atoms with Crippen LogP contribution in [0.2, 0.25) is 20.1 Å². The van der Waals surface area contributed by atoms with Gasteiger partial charge in [0.2, 0.25) is 0 Å². The number of benzene rings is 2. The van der Waals surface area contributed by atoms with E-state index in [1.165, 1.54) is 23.7 Å². The van der Waals surface area contributed by atoms with Crippen molar-refractivity contribution in [3.05, 3.63) is 86.3 Å². The first-order valence-corrected chi connectivity index (χ1v) is 9.16. The van der Waals surface area contributed by atoms with Crippen LogP contribution in [0, 0.1) is 0 Å². The average molecular weight is 461 g/mol. The fourth-order valence-electron chi connectivity index (χ4n) is 2.08. The van der Waals surface area contributed by atoms with Gasteiger partial charge in [0, 0.05) is 28.0 Å². The molecule has 0 radical (unpaired) electrons. The van der Waals surface area contributed by atoms with Crippen LogP contribution in [0.5, 0.6) is 0 Å². The maximum atomic E-state index is 11.9. The van der Waals surface area contributed by atoms with E-state index in [0.29, 0.717) is 20.6 Å². The number of carbonyl (C=O) groups is 2. The molecule has 3 aromatic rings. The Kier molecular flexibility index (Phi) is 8.29. The minimum Gasteiger partial charge on any atom is -0.330 e. The number of rotatable bonds is 4. The van der Waals surface area contributed by atoms with Crippen LogP contribution in [-0.4, -0.2) is 26.4 Å². The molecule has 2 aromatic carbocycles. The highest BCUT2D eigenvalue weighted by Gasteiger charge is 2.11. The van der Waals surface area contributed by atoms with Gasteiger partial charge in [0.05, 0.1) is 28.5 Å². The van der Waals surface area contributed by atoms with Crippen molar-refractivity contribution >= 4 is 58.1 Å². The minimum atomic E-state index is -0.656. The molecule has 0 fully saturated rings. The summed E-state index contributed by atoms with van der Waals surface area (Å²) in [6, 6.07) is 9.20. The highest BCUT2D eigenvalue weighted by Crippen LogP contribution is 2.22. The maximum absolute atomic E-state index is 11.9. The van der Waals surface area contributed by atoms with Crippen molar-refractivity contribution < 1.29 is 14.8 Å². The molecule has 0 unspecified atom stereocenters. The third kappa shape index (κ3) is 6.22. The van der Waals surface area contributed by atoms with E-state index in [1.807, 2.05) is 0 Å². The van der Waals surface area contributed by atoms with E-state index in [1.54, 1.807) is 41.5 Å². The summed E-state index contributed by atoms with van der Waals surface area (Å²) in [6.45, 7) is 0.224. The molecule has 0 bridgehead atoms. The number of imidazole rings is 1. The van der Waals surface area contributed by atoms with Crippen LogP contribution in [0.1, 0.15) is 20.7 Å². The predicted octanol–water partition coefficient (Wildman–Crippen LogP) is 5.19. The minimum absolute atomic E-state index is 0.0698. The average Bonchev–Trinajstić information content (AvgIpc) is 3.14. The second-order valence-electron chi connectivity index (χ2n) is 5.35. The summed E-state index contributed by atoms with van der Waals surface area (Å²) < 4.78 is 1.69. The normalized spacial score (nSPS) is 10.0. The second-order valence-corrected chi connectivity index (χ2v) is 7.03. The first-order valence-electron chi connectivity index (χ1n) is 7.65. The molecule has 3 rings (SSSR count). The SMILES string of the molecule is O=C(Cn1ccnc1)c1ccc(Cl)cc1Cl.O=C(NO)c1ccc(Cl)cc1Cl. The van der Waals surface area contributed by atoms with Crippen LogP contribution in [0.25, 0.3) is 0 Å². The number of hydrogen-bond acceptors (Lipinski definition) is 4. The standard InChI is InChI=1S/C11H8Cl2N2O.C7H5Cl2NO2/c12-8-1-2-9(10(13)5-8)11(16)6-15-4-3-14-7-15;8-4-1-2-5(6(9)3-4)7(11)10-12/h1-5,7H,6H2;1-3,12H,(H,10,11). The molecule has 146 valence electrons. The number of hydroxylamine groups is 1. The quantitative estimate of drug-likeness (QED) is 0.319. The first kappa shape index (κ1) is 22.2. The van der Waals surface area contributed by atoms with Crippen LogP contribution in [0.15, 0.2) is 55.1 Å². The monoisotopic (exact) mass is 459 g/mol. The number of aromatic nitrogens is 2. The maximum Gasteiger partial charge on any atom is 0.276 e. The zero-order valence-electron chi connectivity index (χ0n) is 14.1. The van der Waals surface area contributed by atoms with Gasteiger partial charge in [-0.3, -0.25) is 14.8 Å². The smallest absolute Gasteiger partial charge is 0.276 e. The summed E-state index contributed by atoms with van der Waals surface area (Å²) in [6.07, 6.45) is 4.93. The van der Waals surface area contributed by atoms with Gasteiger partial charge in [0.25, 0.3) is 5.91 Å². The molecule has 28 heavy (non-hydrogen) atoms. The Labute approximate surface area is 180 Å². The Morgan fingerprint density at radius 1 is 0.964 bits per heavy atom. The Morgan fingerprint density at radius 2 is 1.54 bits per heavy atom. The van der Waals surface area contributed by atoms with Crippen molar-refractivity contribution in [2.45, 2.75) is 6.54 Å². The number of nitrogens with zero attached hydrogens (tertiary/aromatic N) is 2. The van der Waals surface area contributed by atoms with Gasteiger partial charge in [0.15, 0.2) is 5.78 Å². The van der Waals surface area contributed by atoms with Gasteiger partial charge in [-0.25, -0.2) is 10.5 Å². The van der Waals surface area contributed by atoms with Gasteiger partial charge in [-0.1, -0.05) is 46.4 Å². The lowest BCUT2D eigenvalue weighted by atomic mass is 10.1. The molecule has 2 N–H and O–H groups in total. The van der Waals surface area contributed by atoms with Gasteiger partial charge < -0.3 is 4.57 Å². The second kappa shape index (κ2) is 10.5. The lowest BCUT2D eigenvalue weighted by Crippen LogP contribution is -2.18. The van der Waals surface area contributed by atoms with E-state index < -0.39 is 5.91 Å². The third-order valence-electron chi connectivity index (χ3n) is 3.39. The lowest BCUT2D eigenvalue weighted by Gasteiger charge is -2.04. The lowest BCUT2D eigenvalue weighted by molar-refractivity contribution is 0.0706. The number of hydrogen-bond donors (Lipinski definition) is 2. The molecule has 0 aliphatic carbocycles. The molecule has 0 aliphatic rings. The van der Waals surface area contributed by atoms with E-state index in [2.05, 4.69) is 4.98 Å². The molecule has 1 aromatic heterocycles. The topological polar surface area (TPSA) is 84.2 Å². The largest absolute Gasteiger partial charge is 0.330 e. The van der Waals surface area contributed by atoms with Crippen molar-refractivity contribution in [2.75, 3.05) is 0 Å². The Morgan fingerprint density at radius 3 is 2.00 bits per heavy atom. The van der Waals surface area contributed by atoms with Crippen LogP contribution < -0.4 is 5.48 Å². The van der Waals surface area contributed by atoms with Crippen LogP contribution in [0.3, 0.4) is 0 Å². The predicted molar refractivity (Wildman–Crippen MR) is 109 cm³/mol. The summed E-state index contributed by atoms with van der Waals surface area (Å²) in [4.78, 5) is 26.6. The zero-order chi connectivity index (χ0) is 20.7. The Hall–Kier alpha value is -2.09. The van der Waals surface area contributed by atoms with Gasteiger partial charge in [-0.05, 0) is 36.4 Å². The van der Waals surface area contributed by atoms with E-state index >= 15 is 0 Å². The van der Waals surface area contributed by atoms with Crippen LogP contribution in [0.4, 0.5) is 0 Å². The van der Waals surface area contributed by atoms with Crippen LogP contribution in [-0.2, 0) is 6.54 Å². The molecule has 0 spiro atoms. The van der Waals surface area contributed by atoms with Crippen LogP contribution >= 0.6 is 46.4 Å². The molecule has 10 heteroatoms. The highest BCUT2D eigenvalue weighted by molar-refractivity contribution is 6.37. The fourth-order valence-corrected chi connectivity index (χ4v) is 3.09. The van der Waals surface area contributed by atoms with Crippen molar-refractivity contribution in [2.24, 2.45) is 0 Å². The fraction of sp³-hybridized carbons (Fsp3) is 0.0556. The van der Waals surface area contributed by atoms with Crippen molar-refractivity contribution in [1.29, 1.82) is 0 Å². The van der Waals surface area contributed by atoms with Gasteiger partial charge in [-0.2, -0.15) is 0 Å². The molecule has 6 nitrogen and oxygen atoms in total. The van der Waals surface area contributed by atoms with Gasteiger partial charge in [0.1, 0.15) is 0 Å². The molecule has 0 aliphatic heterocycles. The molecule has 0 atom stereocenters. The van der Waals surface area contributed by atoms with Crippen molar-refractivity contribution in [3.8, 4) is 0 Å². The van der Waals surface area contributed by atoms with E-state index in [4.69, 9.17) is 51.6 Å². The number of carbonyl (C=O) groups excluding carboxylic acids is 2. The van der Waals surface area contributed by atoms with E-state index in [-0.39, 0.29) is 22.9 Å². The first-order chi connectivity index (χ1) is 13.3. The number of ketones is 1. The summed E-state index contributed by atoms with van der Waals surface area (Å²) in [7, 11) is 0. The summed E-state index contributed by atoms with van der Waals surface area (Å²) in [5.41, 5.74) is 2.13. The third-order valence-corrected chi connectivity index (χ3v) is 4.49. The number of halogens is 4. The highest BCUT2D eigenvalue weighted by atomic mass is 35.5. The number of nitrogens with one attached hydrogen (secondary N) is 1.